The van der Waals surface area contributed by atoms with Crippen LogP contribution >= 0.6 is 0 Å². The average Bonchev–Trinajstić information content (AvgIpc) is 2.42. The fraction of sp³-hybridized carbons (Fsp3) is 0.615. The van der Waals surface area contributed by atoms with E-state index in [9.17, 15) is 4.79 Å². The maximum atomic E-state index is 11.6. The standard InChI is InChI=1S/C13H22N4O2/c1-5-8-19-10-6-7-15-12(17-10)16-9-13(2,3)11(18)14-4/h6-7H,5,8-9H2,1-4H3,(H,14,18)(H,15,16,17). The van der Waals surface area contributed by atoms with Gasteiger partial charge in [-0.1, -0.05) is 6.92 Å². The Morgan fingerprint density at radius 1 is 1.47 bits per heavy atom. The number of hydrogen-bond donors (Lipinski definition) is 2. The van der Waals surface area contributed by atoms with Crippen molar-refractivity contribution in [2.45, 2.75) is 27.2 Å². The number of anilines is 1. The first kappa shape index (κ1) is 15.2. The molecule has 0 aliphatic rings. The fourth-order valence-electron chi connectivity index (χ4n) is 1.43. The minimum absolute atomic E-state index is 0.0293. The van der Waals surface area contributed by atoms with Crippen LogP contribution in [0.2, 0.25) is 0 Å². The Hall–Kier alpha value is -1.85. The summed E-state index contributed by atoms with van der Waals surface area (Å²) in [7, 11) is 1.62. The number of ether oxygens (including phenoxy) is 1. The van der Waals surface area contributed by atoms with E-state index in [2.05, 4.69) is 20.6 Å². The molecule has 0 radical (unpaired) electrons. The van der Waals surface area contributed by atoms with E-state index < -0.39 is 5.41 Å². The zero-order chi connectivity index (χ0) is 14.3. The Labute approximate surface area is 114 Å². The van der Waals surface area contributed by atoms with E-state index in [4.69, 9.17) is 4.74 Å². The van der Waals surface area contributed by atoms with Crippen LogP contribution in [-0.2, 0) is 4.79 Å². The van der Waals surface area contributed by atoms with Crippen molar-refractivity contribution < 1.29 is 9.53 Å². The molecule has 1 aromatic rings. The lowest BCUT2D eigenvalue weighted by Gasteiger charge is -2.22. The van der Waals surface area contributed by atoms with Gasteiger partial charge in [0.15, 0.2) is 0 Å². The lowest BCUT2D eigenvalue weighted by atomic mass is 9.92. The number of carbonyl (C=O) groups excluding carboxylic acids is 1. The van der Waals surface area contributed by atoms with Gasteiger partial charge in [-0.2, -0.15) is 4.98 Å². The van der Waals surface area contributed by atoms with Crippen LogP contribution in [0.5, 0.6) is 5.88 Å². The van der Waals surface area contributed by atoms with Crippen molar-refractivity contribution in [1.82, 2.24) is 15.3 Å². The van der Waals surface area contributed by atoms with E-state index in [1.54, 1.807) is 19.3 Å². The monoisotopic (exact) mass is 266 g/mol. The topological polar surface area (TPSA) is 76.1 Å². The molecule has 0 aliphatic heterocycles. The lowest BCUT2D eigenvalue weighted by molar-refractivity contribution is -0.128. The average molecular weight is 266 g/mol. The smallest absolute Gasteiger partial charge is 0.227 e. The molecule has 1 heterocycles. The third-order valence-electron chi connectivity index (χ3n) is 2.61. The Morgan fingerprint density at radius 2 is 2.21 bits per heavy atom. The summed E-state index contributed by atoms with van der Waals surface area (Å²) in [6.07, 6.45) is 2.56. The van der Waals surface area contributed by atoms with E-state index in [1.165, 1.54) is 0 Å². The van der Waals surface area contributed by atoms with Crippen LogP contribution < -0.4 is 15.4 Å². The van der Waals surface area contributed by atoms with Crippen molar-refractivity contribution in [3.63, 3.8) is 0 Å². The van der Waals surface area contributed by atoms with Crippen LogP contribution in [-0.4, -0.2) is 36.1 Å². The van der Waals surface area contributed by atoms with Gasteiger partial charge >= 0.3 is 0 Å². The van der Waals surface area contributed by atoms with Gasteiger partial charge < -0.3 is 15.4 Å². The van der Waals surface area contributed by atoms with E-state index >= 15 is 0 Å². The van der Waals surface area contributed by atoms with Crippen LogP contribution in [0, 0.1) is 5.41 Å². The lowest BCUT2D eigenvalue weighted by Crippen LogP contribution is -2.39. The van der Waals surface area contributed by atoms with Gasteiger partial charge in [0.05, 0.1) is 12.0 Å². The normalized spacial score (nSPS) is 10.9. The Bertz CT molecular complexity index is 421. The zero-order valence-corrected chi connectivity index (χ0v) is 12.0. The summed E-state index contributed by atoms with van der Waals surface area (Å²) in [4.78, 5) is 20.0. The van der Waals surface area contributed by atoms with Crippen LogP contribution in [0.15, 0.2) is 12.3 Å². The van der Waals surface area contributed by atoms with Crippen molar-refractivity contribution in [2.75, 3.05) is 25.5 Å². The number of aromatic nitrogens is 2. The fourth-order valence-corrected chi connectivity index (χ4v) is 1.43. The molecule has 0 fully saturated rings. The third kappa shape index (κ3) is 4.73. The highest BCUT2D eigenvalue weighted by atomic mass is 16.5. The molecule has 6 nitrogen and oxygen atoms in total. The summed E-state index contributed by atoms with van der Waals surface area (Å²) in [6, 6.07) is 1.71. The van der Waals surface area contributed by atoms with Crippen molar-refractivity contribution in [3.8, 4) is 5.88 Å². The summed E-state index contributed by atoms with van der Waals surface area (Å²) in [5.41, 5.74) is -0.529. The molecule has 0 atom stereocenters. The molecular formula is C13H22N4O2. The summed E-state index contributed by atoms with van der Waals surface area (Å²) in [5, 5.41) is 5.69. The Kier molecular flexibility index (Phi) is 5.54. The molecule has 0 unspecified atom stereocenters. The number of rotatable bonds is 7. The summed E-state index contributed by atoms with van der Waals surface area (Å²) in [6.45, 7) is 6.82. The molecule has 106 valence electrons. The molecule has 2 N–H and O–H groups in total. The molecule has 1 aromatic heterocycles. The minimum atomic E-state index is -0.529. The zero-order valence-electron chi connectivity index (χ0n) is 12.0. The van der Waals surface area contributed by atoms with Crippen molar-refractivity contribution in [1.29, 1.82) is 0 Å². The molecule has 6 heteroatoms. The van der Waals surface area contributed by atoms with Crippen molar-refractivity contribution in [3.05, 3.63) is 12.3 Å². The van der Waals surface area contributed by atoms with Crippen LogP contribution in [0.3, 0.4) is 0 Å². The van der Waals surface area contributed by atoms with Gasteiger partial charge in [-0.05, 0) is 20.3 Å². The molecule has 0 aromatic carbocycles. The van der Waals surface area contributed by atoms with Gasteiger partial charge in [0.2, 0.25) is 17.7 Å². The maximum absolute atomic E-state index is 11.6. The molecular weight excluding hydrogens is 244 g/mol. The van der Waals surface area contributed by atoms with Gasteiger partial charge in [0.1, 0.15) is 0 Å². The largest absolute Gasteiger partial charge is 0.478 e. The van der Waals surface area contributed by atoms with Crippen LogP contribution in [0.1, 0.15) is 27.2 Å². The molecule has 1 rings (SSSR count). The maximum Gasteiger partial charge on any atom is 0.227 e. The number of carbonyl (C=O) groups is 1. The summed E-state index contributed by atoms with van der Waals surface area (Å²) >= 11 is 0. The van der Waals surface area contributed by atoms with Gasteiger partial charge in [-0.25, -0.2) is 4.98 Å². The van der Waals surface area contributed by atoms with Crippen LogP contribution in [0.4, 0.5) is 5.95 Å². The number of hydrogen-bond acceptors (Lipinski definition) is 5. The van der Waals surface area contributed by atoms with Gasteiger partial charge in [0, 0.05) is 25.9 Å². The first-order chi connectivity index (χ1) is 8.99. The van der Waals surface area contributed by atoms with Gasteiger partial charge in [0.25, 0.3) is 0 Å². The Balaban J connectivity index is 2.60. The summed E-state index contributed by atoms with van der Waals surface area (Å²) in [5.74, 6) is 0.973. The molecule has 0 saturated carbocycles. The predicted octanol–water partition coefficient (Wildman–Crippen LogP) is 1.45. The second kappa shape index (κ2) is 6.92. The second-order valence-electron chi connectivity index (χ2n) is 4.88. The quantitative estimate of drug-likeness (QED) is 0.781. The Morgan fingerprint density at radius 3 is 2.84 bits per heavy atom. The molecule has 0 spiro atoms. The van der Waals surface area contributed by atoms with E-state index in [1.807, 2.05) is 20.8 Å². The van der Waals surface area contributed by atoms with Gasteiger partial charge in [-0.3, -0.25) is 4.79 Å². The van der Waals surface area contributed by atoms with E-state index in [-0.39, 0.29) is 5.91 Å². The van der Waals surface area contributed by atoms with Gasteiger partial charge in [-0.15, -0.1) is 0 Å². The van der Waals surface area contributed by atoms with Crippen LogP contribution in [0.25, 0.3) is 0 Å². The van der Waals surface area contributed by atoms with Crippen molar-refractivity contribution >= 4 is 11.9 Å². The number of nitrogens with one attached hydrogen (secondary N) is 2. The predicted molar refractivity (Wildman–Crippen MR) is 74.2 cm³/mol. The molecule has 0 bridgehead atoms. The summed E-state index contributed by atoms with van der Waals surface area (Å²) < 4.78 is 5.43. The molecule has 19 heavy (non-hydrogen) atoms. The highest BCUT2D eigenvalue weighted by Gasteiger charge is 2.26. The molecule has 1 amide bonds. The minimum Gasteiger partial charge on any atom is -0.478 e. The molecule has 0 saturated heterocycles. The van der Waals surface area contributed by atoms with E-state index in [0.717, 1.165) is 6.42 Å². The van der Waals surface area contributed by atoms with Crippen molar-refractivity contribution in [2.24, 2.45) is 5.41 Å². The highest BCUT2D eigenvalue weighted by molar-refractivity contribution is 5.82. The SMILES string of the molecule is CCCOc1ccnc(NCC(C)(C)C(=O)NC)n1. The second-order valence-corrected chi connectivity index (χ2v) is 4.88. The number of nitrogens with zero attached hydrogens (tertiary/aromatic N) is 2. The first-order valence-corrected chi connectivity index (χ1v) is 6.41. The highest BCUT2D eigenvalue weighted by Crippen LogP contribution is 2.16. The third-order valence-corrected chi connectivity index (χ3v) is 2.61. The van der Waals surface area contributed by atoms with E-state index in [0.29, 0.717) is 25.0 Å². The first-order valence-electron chi connectivity index (χ1n) is 6.41. The molecule has 0 aliphatic carbocycles. The number of amides is 1.